The van der Waals surface area contributed by atoms with Crippen LogP contribution in [0.2, 0.25) is 0 Å². The maximum Gasteiger partial charge on any atom is 0.0519 e. The molecule has 0 aromatic carbocycles. The summed E-state index contributed by atoms with van der Waals surface area (Å²) in [7, 11) is 0. The average molecular weight is 167 g/mol. The van der Waals surface area contributed by atoms with Crippen molar-refractivity contribution in [2.75, 3.05) is 19.6 Å². The van der Waals surface area contributed by atoms with Crippen molar-refractivity contribution in [1.29, 1.82) is 0 Å². The molecule has 0 unspecified atom stereocenters. The number of H-pyrrole nitrogens is 1. The molecule has 0 spiro atoms. The van der Waals surface area contributed by atoms with Crippen molar-refractivity contribution < 1.29 is 0 Å². The Labute approximate surface area is 73.8 Å². The van der Waals surface area contributed by atoms with Crippen molar-refractivity contribution in [1.82, 2.24) is 15.1 Å². The summed E-state index contributed by atoms with van der Waals surface area (Å²) in [5.74, 6) is 0. The van der Waals surface area contributed by atoms with E-state index in [9.17, 15) is 0 Å². The van der Waals surface area contributed by atoms with Gasteiger partial charge in [-0.15, -0.1) is 0 Å². The first kappa shape index (κ1) is 9.26. The zero-order chi connectivity index (χ0) is 8.81. The van der Waals surface area contributed by atoms with Crippen molar-refractivity contribution in [3.05, 3.63) is 18.0 Å². The fourth-order valence-electron chi connectivity index (χ4n) is 1.24. The van der Waals surface area contributed by atoms with E-state index >= 15 is 0 Å². The maximum absolute atomic E-state index is 3.91. The molecule has 1 aromatic rings. The van der Waals surface area contributed by atoms with Crippen LogP contribution in [0.3, 0.4) is 0 Å². The van der Waals surface area contributed by atoms with Gasteiger partial charge in [0.1, 0.15) is 0 Å². The summed E-state index contributed by atoms with van der Waals surface area (Å²) in [4.78, 5) is 2.41. The van der Waals surface area contributed by atoms with Crippen molar-refractivity contribution in [3.8, 4) is 0 Å². The topological polar surface area (TPSA) is 31.9 Å². The lowest BCUT2D eigenvalue weighted by Gasteiger charge is -2.16. The summed E-state index contributed by atoms with van der Waals surface area (Å²) in [6, 6.07) is 0. The van der Waals surface area contributed by atoms with E-state index in [2.05, 4.69) is 28.9 Å². The average Bonchev–Trinajstić information content (AvgIpc) is 2.59. The monoisotopic (exact) mass is 167 g/mol. The second-order valence-electron chi connectivity index (χ2n) is 2.88. The minimum absolute atomic E-state index is 1.10. The third-order valence-corrected chi connectivity index (χ3v) is 2.17. The van der Waals surface area contributed by atoms with E-state index in [0.29, 0.717) is 0 Å². The van der Waals surface area contributed by atoms with E-state index in [-0.39, 0.29) is 0 Å². The lowest BCUT2D eigenvalue weighted by molar-refractivity contribution is 0.308. The molecule has 68 valence electrons. The fraction of sp³-hybridized carbons (Fsp3) is 0.667. The molecule has 1 rings (SSSR count). The van der Waals surface area contributed by atoms with Gasteiger partial charge in [-0.05, 0) is 25.1 Å². The van der Waals surface area contributed by atoms with Crippen LogP contribution < -0.4 is 0 Å². The van der Waals surface area contributed by atoms with E-state index in [0.717, 1.165) is 26.1 Å². The largest absolute Gasteiger partial charge is 0.304 e. The molecule has 1 aromatic heterocycles. The van der Waals surface area contributed by atoms with Gasteiger partial charge in [0.25, 0.3) is 0 Å². The van der Waals surface area contributed by atoms with Gasteiger partial charge in [-0.2, -0.15) is 5.10 Å². The van der Waals surface area contributed by atoms with Crippen LogP contribution in [0.25, 0.3) is 0 Å². The first-order valence-corrected chi connectivity index (χ1v) is 4.56. The van der Waals surface area contributed by atoms with Crippen LogP contribution >= 0.6 is 0 Å². The van der Waals surface area contributed by atoms with Crippen LogP contribution in [-0.2, 0) is 6.42 Å². The number of hydrogen-bond donors (Lipinski definition) is 1. The minimum Gasteiger partial charge on any atom is -0.304 e. The zero-order valence-electron chi connectivity index (χ0n) is 7.88. The lowest BCUT2D eigenvalue weighted by Crippen LogP contribution is -2.25. The lowest BCUT2D eigenvalue weighted by atomic mass is 10.2. The van der Waals surface area contributed by atoms with Crippen LogP contribution in [0, 0.1) is 0 Å². The highest BCUT2D eigenvalue weighted by atomic mass is 15.1. The van der Waals surface area contributed by atoms with Crippen molar-refractivity contribution in [2.45, 2.75) is 20.3 Å². The smallest absolute Gasteiger partial charge is 0.0519 e. The number of rotatable bonds is 5. The number of nitrogens with one attached hydrogen (secondary N) is 1. The second kappa shape index (κ2) is 4.93. The number of aromatic nitrogens is 2. The molecule has 0 aliphatic rings. The van der Waals surface area contributed by atoms with Gasteiger partial charge in [0, 0.05) is 12.7 Å². The molecule has 1 N–H and O–H groups in total. The predicted molar refractivity (Wildman–Crippen MR) is 50.1 cm³/mol. The highest BCUT2D eigenvalue weighted by Crippen LogP contribution is 1.97. The molecule has 0 aliphatic heterocycles. The molecular formula is C9H17N3. The molecule has 0 amide bonds. The Morgan fingerprint density at radius 2 is 2.17 bits per heavy atom. The highest BCUT2D eigenvalue weighted by Gasteiger charge is 1.99. The summed E-state index contributed by atoms with van der Waals surface area (Å²) < 4.78 is 0. The molecule has 3 heteroatoms. The van der Waals surface area contributed by atoms with Crippen LogP contribution in [0.15, 0.2) is 12.4 Å². The van der Waals surface area contributed by atoms with Gasteiger partial charge in [-0.1, -0.05) is 13.8 Å². The van der Waals surface area contributed by atoms with Crippen LogP contribution in [-0.4, -0.2) is 34.7 Å². The summed E-state index contributed by atoms with van der Waals surface area (Å²) >= 11 is 0. The SMILES string of the molecule is CCN(CC)CCc1cn[nH]c1. The van der Waals surface area contributed by atoms with E-state index in [1.807, 2.05) is 12.4 Å². The van der Waals surface area contributed by atoms with E-state index in [4.69, 9.17) is 0 Å². The third-order valence-electron chi connectivity index (χ3n) is 2.17. The summed E-state index contributed by atoms with van der Waals surface area (Å²) in [5, 5.41) is 6.73. The molecule has 1 heterocycles. The normalized spacial score (nSPS) is 10.9. The Hall–Kier alpha value is -0.830. The van der Waals surface area contributed by atoms with Gasteiger partial charge in [0.2, 0.25) is 0 Å². The summed E-state index contributed by atoms with van der Waals surface area (Å²) in [6.07, 6.45) is 4.95. The van der Waals surface area contributed by atoms with Crippen LogP contribution in [0.1, 0.15) is 19.4 Å². The molecule has 0 bridgehead atoms. The molecule has 0 saturated carbocycles. The molecule has 0 radical (unpaired) electrons. The first-order chi connectivity index (χ1) is 5.86. The second-order valence-corrected chi connectivity index (χ2v) is 2.88. The van der Waals surface area contributed by atoms with E-state index < -0.39 is 0 Å². The van der Waals surface area contributed by atoms with Crippen molar-refractivity contribution >= 4 is 0 Å². The quantitative estimate of drug-likeness (QED) is 0.716. The third kappa shape index (κ3) is 2.66. The molecule has 0 fully saturated rings. The van der Waals surface area contributed by atoms with E-state index in [1.54, 1.807) is 0 Å². The minimum atomic E-state index is 1.10. The molecule has 0 aliphatic carbocycles. The van der Waals surface area contributed by atoms with Crippen molar-refractivity contribution in [2.24, 2.45) is 0 Å². The van der Waals surface area contributed by atoms with Gasteiger partial charge in [0.15, 0.2) is 0 Å². The van der Waals surface area contributed by atoms with Gasteiger partial charge in [-0.3, -0.25) is 5.10 Å². The number of nitrogens with zero attached hydrogens (tertiary/aromatic N) is 2. The molecule has 12 heavy (non-hydrogen) atoms. The summed E-state index contributed by atoms with van der Waals surface area (Å²) in [6.45, 7) is 7.78. The number of likely N-dealkylation sites (N-methyl/N-ethyl adjacent to an activating group) is 1. The standard InChI is InChI=1S/C9H17N3/c1-3-12(4-2)6-5-9-7-10-11-8-9/h7-8H,3-6H2,1-2H3,(H,10,11). The number of hydrogen-bond acceptors (Lipinski definition) is 2. The van der Waals surface area contributed by atoms with Gasteiger partial charge in [-0.25, -0.2) is 0 Å². The zero-order valence-corrected chi connectivity index (χ0v) is 7.88. The summed E-state index contributed by atoms with van der Waals surface area (Å²) in [5.41, 5.74) is 1.29. The first-order valence-electron chi connectivity index (χ1n) is 4.56. The Morgan fingerprint density at radius 3 is 2.67 bits per heavy atom. The Balaban J connectivity index is 2.25. The predicted octanol–water partition coefficient (Wildman–Crippen LogP) is 1.29. The van der Waals surface area contributed by atoms with Gasteiger partial charge in [0.05, 0.1) is 6.20 Å². The molecule has 0 atom stereocenters. The Kier molecular flexibility index (Phi) is 3.80. The maximum atomic E-state index is 3.91. The molecule has 3 nitrogen and oxygen atoms in total. The Morgan fingerprint density at radius 1 is 1.42 bits per heavy atom. The van der Waals surface area contributed by atoms with Crippen LogP contribution in [0.4, 0.5) is 0 Å². The van der Waals surface area contributed by atoms with Crippen LogP contribution in [0.5, 0.6) is 0 Å². The molecular weight excluding hydrogens is 150 g/mol. The Bertz CT molecular complexity index is 190. The van der Waals surface area contributed by atoms with Gasteiger partial charge < -0.3 is 4.90 Å². The highest BCUT2D eigenvalue weighted by molar-refractivity contribution is 5.02. The van der Waals surface area contributed by atoms with Gasteiger partial charge >= 0.3 is 0 Å². The number of aromatic amines is 1. The van der Waals surface area contributed by atoms with E-state index in [1.165, 1.54) is 5.56 Å². The fourth-order valence-corrected chi connectivity index (χ4v) is 1.24. The van der Waals surface area contributed by atoms with Crippen molar-refractivity contribution in [3.63, 3.8) is 0 Å². The molecule has 0 saturated heterocycles.